The molecule has 1 heterocycles. The second-order valence-electron chi connectivity index (χ2n) is 7.79. The summed E-state index contributed by atoms with van der Waals surface area (Å²) in [6, 6.07) is 7.78. The molecule has 0 radical (unpaired) electrons. The number of carbonyl (C=O) groups is 2. The fraction of sp³-hybridized carbons (Fsp3) is 0.304. The Hall–Kier alpha value is -3.29. The third-order valence-electron chi connectivity index (χ3n) is 5.60. The molecule has 0 bridgehead atoms. The number of fused-ring (bicyclic) bond motifs is 1. The van der Waals surface area contributed by atoms with Gasteiger partial charge in [-0.2, -0.15) is 0 Å². The Balaban J connectivity index is 1.59. The summed E-state index contributed by atoms with van der Waals surface area (Å²) in [5.41, 5.74) is 2.21. The van der Waals surface area contributed by atoms with Crippen LogP contribution in [0.2, 0.25) is 0 Å². The van der Waals surface area contributed by atoms with Crippen molar-refractivity contribution >= 4 is 22.7 Å². The van der Waals surface area contributed by atoms with Crippen molar-refractivity contribution < 1.29 is 22.8 Å². The maximum absolute atomic E-state index is 14.4. The molecule has 4 rings (SSSR count). The van der Waals surface area contributed by atoms with Gasteiger partial charge in [-0.1, -0.05) is 0 Å². The van der Waals surface area contributed by atoms with Crippen LogP contribution in [0, 0.1) is 17.5 Å². The average Bonchev–Trinajstić information content (AvgIpc) is 3.04. The van der Waals surface area contributed by atoms with E-state index in [4.69, 9.17) is 0 Å². The Morgan fingerprint density at radius 1 is 1.03 bits per heavy atom. The molecule has 8 heteroatoms. The second-order valence-corrected chi connectivity index (χ2v) is 7.79. The number of nitrogens with one attached hydrogen (secondary N) is 3. The molecule has 162 valence electrons. The third-order valence-corrected chi connectivity index (χ3v) is 5.60. The highest BCUT2D eigenvalue weighted by atomic mass is 19.1. The van der Waals surface area contributed by atoms with Gasteiger partial charge in [-0.05, 0) is 67.1 Å². The molecule has 1 aliphatic rings. The van der Waals surface area contributed by atoms with Gasteiger partial charge >= 0.3 is 0 Å². The molecule has 1 saturated carbocycles. The van der Waals surface area contributed by atoms with Gasteiger partial charge in [0.25, 0.3) is 0 Å². The predicted molar refractivity (Wildman–Crippen MR) is 111 cm³/mol. The number of aromatic amines is 1. The van der Waals surface area contributed by atoms with Crippen LogP contribution in [0.5, 0.6) is 0 Å². The van der Waals surface area contributed by atoms with E-state index in [1.54, 1.807) is 19.1 Å². The van der Waals surface area contributed by atoms with Crippen LogP contribution in [0.25, 0.3) is 22.2 Å². The number of halogens is 3. The van der Waals surface area contributed by atoms with Crippen LogP contribution in [0.15, 0.2) is 36.4 Å². The second kappa shape index (κ2) is 8.45. The van der Waals surface area contributed by atoms with Crippen LogP contribution in [0.4, 0.5) is 13.2 Å². The Morgan fingerprint density at radius 3 is 2.42 bits per heavy atom. The Labute approximate surface area is 177 Å². The van der Waals surface area contributed by atoms with Gasteiger partial charge in [0.1, 0.15) is 23.9 Å². The molecule has 31 heavy (non-hydrogen) atoms. The van der Waals surface area contributed by atoms with Gasteiger partial charge in [-0.25, -0.2) is 13.2 Å². The molecular formula is C23H22F3N3O2. The van der Waals surface area contributed by atoms with Crippen molar-refractivity contribution in [3.05, 3.63) is 59.4 Å². The number of rotatable bonds is 6. The minimum atomic E-state index is -0.698. The lowest BCUT2D eigenvalue weighted by Crippen LogP contribution is -2.44. The summed E-state index contributed by atoms with van der Waals surface area (Å²) in [5, 5.41) is 5.84. The molecule has 1 fully saturated rings. The fourth-order valence-corrected chi connectivity index (χ4v) is 4.16. The SMILES string of the molecule is CCNC(=O)CC(=O)NC1CC(c2c(-c3ccc(F)cc3)[nH]c3c(F)cc(F)cc23)C1. The lowest BCUT2D eigenvalue weighted by Gasteiger charge is -2.36. The molecule has 2 amide bonds. The van der Waals surface area contributed by atoms with E-state index in [9.17, 15) is 22.8 Å². The fourth-order valence-electron chi connectivity index (χ4n) is 4.16. The van der Waals surface area contributed by atoms with Crippen LogP contribution in [0.3, 0.4) is 0 Å². The lowest BCUT2D eigenvalue weighted by molar-refractivity contribution is -0.129. The molecule has 5 nitrogen and oxygen atoms in total. The van der Waals surface area contributed by atoms with Gasteiger partial charge in [-0.15, -0.1) is 0 Å². The van der Waals surface area contributed by atoms with Crippen molar-refractivity contribution in [2.75, 3.05) is 6.54 Å². The number of hydrogen-bond acceptors (Lipinski definition) is 2. The topological polar surface area (TPSA) is 74.0 Å². The Kier molecular flexibility index (Phi) is 5.71. The molecule has 0 saturated heterocycles. The minimum Gasteiger partial charge on any atom is -0.356 e. The quantitative estimate of drug-likeness (QED) is 0.516. The van der Waals surface area contributed by atoms with Crippen molar-refractivity contribution in [3.8, 4) is 11.3 Å². The van der Waals surface area contributed by atoms with Gasteiger partial charge in [0.05, 0.1) is 11.2 Å². The number of H-pyrrole nitrogens is 1. The smallest absolute Gasteiger partial charge is 0.229 e. The van der Waals surface area contributed by atoms with Crippen molar-refractivity contribution in [1.82, 2.24) is 15.6 Å². The molecule has 3 aromatic rings. The summed E-state index contributed by atoms with van der Waals surface area (Å²) in [5.74, 6) is -2.51. The summed E-state index contributed by atoms with van der Waals surface area (Å²) in [7, 11) is 0. The zero-order chi connectivity index (χ0) is 22.1. The van der Waals surface area contributed by atoms with Gasteiger partial charge in [0.2, 0.25) is 11.8 Å². The first kappa shape index (κ1) is 21.0. The van der Waals surface area contributed by atoms with Crippen molar-refractivity contribution in [1.29, 1.82) is 0 Å². The average molecular weight is 429 g/mol. The van der Waals surface area contributed by atoms with Crippen LogP contribution in [-0.2, 0) is 9.59 Å². The van der Waals surface area contributed by atoms with Crippen LogP contribution >= 0.6 is 0 Å². The summed E-state index contributed by atoms with van der Waals surface area (Å²) < 4.78 is 41.8. The first-order valence-corrected chi connectivity index (χ1v) is 10.2. The molecule has 1 aromatic heterocycles. The number of hydrogen-bond donors (Lipinski definition) is 3. The van der Waals surface area contributed by atoms with Crippen molar-refractivity contribution in [2.45, 2.75) is 38.1 Å². The number of carbonyl (C=O) groups excluding carboxylic acids is 2. The highest BCUT2D eigenvalue weighted by Crippen LogP contribution is 2.45. The van der Waals surface area contributed by atoms with E-state index in [1.807, 2.05) is 0 Å². The largest absolute Gasteiger partial charge is 0.356 e. The normalized spacial score (nSPS) is 17.9. The van der Waals surface area contributed by atoms with E-state index in [0.29, 0.717) is 36.0 Å². The van der Waals surface area contributed by atoms with Gasteiger partial charge in [0.15, 0.2) is 0 Å². The van der Waals surface area contributed by atoms with E-state index >= 15 is 0 Å². The Morgan fingerprint density at radius 2 is 1.74 bits per heavy atom. The van der Waals surface area contributed by atoms with E-state index in [1.165, 1.54) is 18.2 Å². The maximum atomic E-state index is 14.4. The van der Waals surface area contributed by atoms with Gasteiger partial charge < -0.3 is 15.6 Å². The van der Waals surface area contributed by atoms with Crippen LogP contribution < -0.4 is 10.6 Å². The van der Waals surface area contributed by atoms with Crippen molar-refractivity contribution in [2.24, 2.45) is 0 Å². The number of amides is 2. The van der Waals surface area contributed by atoms with Gasteiger partial charge in [-0.3, -0.25) is 9.59 Å². The first-order chi connectivity index (χ1) is 14.9. The Bertz CT molecular complexity index is 1140. The molecule has 0 atom stereocenters. The standard InChI is InChI=1S/C23H22F3N3O2/c1-2-27-19(30)11-20(31)28-16-7-13(8-16)21-17-9-15(25)10-18(26)23(17)29-22(21)12-3-5-14(24)6-4-12/h3-6,9-10,13,16,29H,2,7-8,11H2,1H3,(H,27,30)(H,28,31). The highest BCUT2D eigenvalue weighted by molar-refractivity contribution is 5.97. The van der Waals surface area contributed by atoms with E-state index < -0.39 is 17.5 Å². The summed E-state index contributed by atoms with van der Waals surface area (Å²) in [4.78, 5) is 26.6. The molecule has 0 aliphatic heterocycles. The summed E-state index contributed by atoms with van der Waals surface area (Å²) in [6.07, 6.45) is 0.903. The monoisotopic (exact) mass is 429 g/mol. The first-order valence-electron chi connectivity index (χ1n) is 10.2. The number of aromatic nitrogens is 1. The molecule has 3 N–H and O–H groups in total. The maximum Gasteiger partial charge on any atom is 0.229 e. The summed E-state index contributed by atoms with van der Waals surface area (Å²) in [6.45, 7) is 2.23. The summed E-state index contributed by atoms with van der Waals surface area (Å²) >= 11 is 0. The molecular weight excluding hydrogens is 407 g/mol. The molecule has 2 aromatic carbocycles. The third kappa shape index (κ3) is 4.28. The molecule has 0 spiro atoms. The zero-order valence-electron chi connectivity index (χ0n) is 16.9. The highest BCUT2D eigenvalue weighted by Gasteiger charge is 2.35. The van der Waals surface area contributed by atoms with Crippen LogP contribution in [-0.4, -0.2) is 29.4 Å². The van der Waals surface area contributed by atoms with Crippen molar-refractivity contribution in [3.63, 3.8) is 0 Å². The zero-order valence-corrected chi connectivity index (χ0v) is 16.9. The van der Waals surface area contributed by atoms with E-state index in [0.717, 1.165) is 11.6 Å². The molecule has 0 unspecified atom stereocenters. The predicted octanol–water partition coefficient (Wildman–Crippen LogP) is 4.14. The molecule has 1 aliphatic carbocycles. The van der Waals surface area contributed by atoms with Crippen LogP contribution in [0.1, 0.15) is 37.7 Å². The van der Waals surface area contributed by atoms with E-state index in [2.05, 4.69) is 15.6 Å². The van der Waals surface area contributed by atoms with E-state index in [-0.39, 0.29) is 35.7 Å². The van der Waals surface area contributed by atoms with Gasteiger partial charge in [0, 0.05) is 24.0 Å². The minimum absolute atomic E-state index is 0.0511. The number of benzene rings is 2. The lowest BCUT2D eigenvalue weighted by atomic mass is 9.74.